The van der Waals surface area contributed by atoms with Crippen LogP contribution in [0.1, 0.15) is 34.1 Å². The summed E-state index contributed by atoms with van der Waals surface area (Å²) in [5, 5.41) is 7.83. The van der Waals surface area contributed by atoms with Crippen LogP contribution >= 0.6 is 0 Å². The molecule has 4 nitrogen and oxygen atoms in total. The lowest BCUT2D eigenvalue weighted by molar-refractivity contribution is 0.134. The van der Waals surface area contributed by atoms with Crippen molar-refractivity contribution in [3.63, 3.8) is 0 Å². The lowest BCUT2D eigenvalue weighted by atomic mass is 9.98. The van der Waals surface area contributed by atoms with Crippen molar-refractivity contribution in [3.8, 4) is 0 Å². The van der Waals surface area contributed by atoms with Crippen molar-refractivity contribution in [1.29, 1.82) is 0 Å². The Morgan fingerprint density at radius 1 is 1.30 bits per heavy atom. The third-order valence-corrected chi connectivity index (χ3v) is 4.01. The average Bonchev–Trinajstić information content (AvgIpc) is 3.01. The molecule has 1 N–H and O–H groups in total. The highest BCUT2D eigenvalue weighted by Gasteiger charge is 2.17. The molecule has 3 rings (SSSR count). The number of hydrogen-bond donors (Lipinski definition) is 1. The van der Waals surface area contributed by atoms with E-state index in [1.807, 2.05) is 25.7 Å². The summed E-state index contributed by atoms with van der Waals surface area (Å²) in [5.74, 6) is 0. The first-order valence-corrected chi connectivity index (χ1v) is 7.03. The monoisotopic (exact) mass is 271 g/mol. The molecule has 0 spiro atoms. The van der Waals surface area contributed by atoms with Crippen LogP contribution in [-0.2, 0) is 31.4 Å². The Balaban J connectivity index is 1.84. The number of nitrogens with one attached hydrogen (secondary N) is 1. The van der Waals surface area contributed by atoms with Crippen LogP contribution in [0.25, 0.3) is 0 Å². The van der Waals surface area contributed by atoms with E-state index in [1.165, 1.54) is 22.4 Å². The zero-order chi connectivity index (χ0) is 14.1. The second kappa shape index (κ2) is 5.38. The number of aromatic nitrogens is 2. The van der Waals surface area contributed by atoms with Crippen molar-refractivity contribution >= 4 is 0 Å². The largest absolute Gasteiger partial charge is 0.372 e. The maximum Gasteiger partial charge on any atom is 0.0725 e. The molecule has 1 aromatic carbocycles. The number of ether oxygens (including phenoxy) is 1. The van der Waals surface area contributed by atoms with Crippen molar-refractivity contribution in [3.05, 3.63) is 52.3 Å². The first-order valence-electron chi connectivity index (χ1n) is 7.03. The molecule has 2 aromatic rings. The second-order valence-electron chi connectivity index (χ2n) is 5.47. The van der Waals surface area contributed by atoms with E-state index in [-0.39, 0.29) is 0 Å². The number of likely N-dealkylation sites (N-methyl/N-ethyl adjacent to an activating group) is 1. The van der Waals surface area contributed by atoms with Crippen LogP contribution in [0, 0.1) is 6.92 Å². The Morgan fingerprint density at radius 3 is 2.80 bits per heavy atom. The van der Waals surface area contributed by atoms with Crippen molar-refractivity contribution in [2.75, 3.05) is 7.05 Å². The summed E-state index contributed by atoms with van der Waals surface area (Å²) in [6.07, 6.45) is 0.938. The molecule has 0 bridgehead atoms. The maximum absolute atomic E-state index is 5.49. The molecular formula is C16H21N3O. The Bertz CT molecular complexity index is 618. The van der Waals surface area contributed by atoms with Gasteiger partial charge in [-0.2, -0.15) is 5.10 Å². The smallest absolute Gasteiger partial charge is 0.0725 e. The lowest BCUT2D eigenvalue weighted by Crippen LogP contribution is -2.20. The van der Waals surface area contributed by atoms with Crippen LogP contribution in [0.3, 0.4) is 0 Å². The van der Waals surface area contributed by atoms with Crippen LogP contribution in [-0.4, -0.2) is 16.8 Å². The van der Waals surface area contributed by atoms with Gasteiger partial charge >= 0.3 is 0 Å². The van der Waals surface area contributed by atoms with Gasteiger partial charge < -0.3 is 10.1 Å². The van der Waals surface area contributed by atoms with Crippen molar-refractivity contribution < 1.29 is 4.74 Å². The fourth-order valence-corrected chi connectivity index (χ4v) is 2.86. The van der Waals surface area contributed by atoms with E-state index in [9.17, 15) is 0 Å². The van der Waals surface area contributed by atoms with Gasteiger partial charge in [-0.15, -0.1) is 0 Å². The van der Waals surface area contributed by atoms with E-state index < -0.39 is 0 Å². The number of aryl methyl sites for hydroxylation is 2. The van der Waals surface area contributed by atoms with Crippen LogP contribution < -0.4 is 5.32 Å². The summed E-state index contributed by atoms with van der Waals surface area (Å²) in [7, 11) is 4.02. The molecule has 0 aliphatic carbocycles. The minimum absolute atomic E-state index is 0.302. The molecule has 1 unspecified atom stereocenters. The summed E-state index contributed by atoms with van der Waals surface area (Å²) < 4.78 is 7.46. The Hall–Kier alpha value is -1.65. The summed E-state index contributed by atoms with van der Waals surface area (Å²) in [6.45, 7) is 3.52. The zero-order valence-corrected chi connectivity index (χ0v) is 12.3. The van der Waals surface area contributed by atoms with Gasteiger partial charge in [0.15, 0.2) is 0 Å². The van der Waals surface area contributed by atoms with Crippen molar-refractivity contribution in [2.45, 2.75) is 32.6 Å². The van der Waals surface area contributed by atoms with Gasteiger partial charge in [0.25, 0.3) is 0 Å². The molecule has 1 aromatic heterocycles. The summed E-state index contributed by atoms with van der Waals surface area (Å²) in [4.78, 5) is 0. The van der Waals surface area contributed by atoms with Crippen LogP contribution in [0.5, 0.6) is 0 Å². The van der Waals surface area contributed by atoms with Gasteiger partial charge in [-0.25, -0.2) is 0 Å². The third-order valence-electron chi connectivity index (χ3n) is 4.01. The Kier molecular flexibility index (Phi) is 3.59. The molecule has 0 fully saturated rings. The van der Waals surface area contributed by atoms with Gasteiger partial charge in [0.1, 0.15) is 0 Å². The summed E-state index contributed by atoms with van der Waals surface area (Å²) in [5.41, 5.74) is 6.28. The third kappa shape index (κ3) is 2.49. The molecule has 0 amide bonds. The predicted molar refractivity (Wildman–Crippen MR) is 78.4 cm³/mol. The summed E-state index contributed by atoms with van der Waals surface area (Å²) in [6, 6.07) is 9.12. The molecule has 106 valence electrons. The van der Waals surface area contributed by atoms with Gasteiger partial charge in [-0.3, -0.25) is 4.68 Å². The highest BCUT2D eigenvalue weighted by molar-refractivity contribution is 5.35. The summed E-state index contributed by atoms with van der Waals surface area (Å²) >= 11 is 0. The van der Waals surface area contributed by atoms with Gasteiger partial charge in [0, 0.05) is 25.2 Å². The van der Waals surface area contributed by atoms with Gasteiger partial charge in [0.05, 0.1) is 18.9 Å². The molecule has 0 saturated carbocycles. The van der Waals surface area contributed by atoms with E-state index in [1.54, 1.807) is 0 Å². The topological polar surface area (TPSA) is 39.1 Å². The maximum atomic E-state index is 5.49. The highest BCUT2D eigenvalue weighted by Crippen LogP contribution is 2.25. The van der Waals surface area contributed by atoms with E-state index in [0.717, 1.165) is 25.3 Å². The number of fused-ring (bicyclic) bond motifs is 1. The van der Waals surface area contributed by atoms with Crippen LogP contribution in [0.15, 0.2) is 24.3 Å². The molecule has 1 aliphatic rings. The quantitative estimate of drug-likeness (QED) is 0.927. The molecule has 0 radical (unpaired) electrons. The minimum atomic E-state index is 0.302. The number of rotatable bonds is 4. The average molecular weight is 271 g/mol. The SMILES string of the molecule is CNC(Cc1cc(C)nn1C)c1ccc2c(c1)COC2. The van der Waals surface area contributed by atoms with E-state index in [4.69, 9.17) is 4.74 Å². The van der Waals surface area contributed by atoms with Crippen LogP contribution in [0.2, 0.25) is 0 Å². The predicted octanol–water partition coefficient (Wildman–Crippen LogP) is 2.26. The fourth-order valence-electron chi connectivity index (χ4n) is 2.86. The van der Waals surface area contributed by atoms with E-state index in [0.29, 0.717) is 6.04 Å². The molecule has 1 aliphatic heterocycles. The van der Waals surface area contributed by atoms with Crippen LogP contribution in [0.4, 0.5) is 0 Å². The molecule has 20 heavy (non-hydrogen) atoms. The standard InChI is InChI=1S/C16H21N3O/c1-11-6-15(19(3)18-11)8-16(17-2)12-4-5-13-9-20-10-14(13)7-12/h4-7,16-17H,8-10H2,1-3H3. The van der Waals surface area contributed by atoms with E-state index >= 15 is 0 Å². The first kappa shape index (κ1) is 13.3. The lowest BCUT2D eigenvalue weighted by Gasteiger charge is -2.17. The Morgan fingerprint density at radius 2 is 2.10 bits per heavy atom. The van der Waals surface area contributed by atoms with E-state index in [2.05, 4.69) is 34.7 Å². The molecule has 0 saturated heterocycles. The first-order chi connectivity index (χ1) is 9.67. The molecule has 2 heterocycles. The van der Waals surface area contributed by atoms with Crippen molar-refractivity contribution in [2.24, 2.45) is 7.05 Å². The zero-order valence-electron chi connectivity index (χ0n) is 12.3. The minimum Gasteiger partial charge on any atom is -0.372 e. The number of nitrogens with zero attached hydrogens (tertiary/aromatic N) is 2. The number of benzene rings is 1. The number of hydrogen-bond acceptors (Lipinski definition) is 3. The van der Waals surface area contributed by atoms with Gasteiger partial charge in [0.2, 0.25) is 0 Å². The highest BCUT2D eigenvalue weighted by atomic mass is 16.5. The normalized spacial score (nSPS) is 15.3. The Labute approximate surface area is 119 Å². The van der Waals surface area contributed by atoms with Gasteiger partial charge in [-0.1, -0.05) is 18.2 Å². The fraction of sp³-hybridized carbons (Fsp3) is 0.438. The van der Waals surface area contributed by atoms with Crippen molar-refractivity contribution in [1.82, 2.24) is 15.1 Å². The molecular weight excluding hydrogens is 250 g/mol. The van der Waals surface area contributed by atoms with Gasteiger partial charge in [-0.05, 0) is 36.7 Å². The molecule has 4 heteroatoms. The second-order valence-corrected chi connectivity index (χ2v) is 5.47. The molecule has 1 atom stereocenters.